The maximum absolute atomic E-state index is 12.0. The highest BCUT2D eigenvalue weighted by Gasteiger charge is 2.26. The fourth-order valence-corrected chi connectivity index (χ4v) is 3.71. The number of amides is 1. The Labute approximate surface area is 118 Å². The van der Waals surface area contributed by atoms with Gasteiger partial charge in [-0.3, -0.25) is 4.79 Å². The third-order valence-corrected chi connectivity index (χ3v) is 4.56. The number of aromatic nitrogens is 2. The van der Waals surface area contributed by atoms with Gasteiger partial charge < -0.3 is 15.4 Å². The number of aromatic carboxylic acids is 1. The molecule has 0 aromatic carbocycles. The highest BCUT2D eigenvalue weighted by molar-refractivity contribution is 7.17. The van der Waals surface area contributed by atoms with Crippen molar-refractivity contribution in [2.75, 3.05) is 5.32 Å². The van der Waals surface area contributed by atoms with Crippen molar-refractivity contribution in [3.05, 3.63) is 34.2 Å². The van der Waals surface area contributed by atoms with Crippen LogP contribution in [0.15, 0.2) is 12.5 Å². The molecule has 104 valence electrons. The van der Waals surface area contributed by atoms with Crippen molar-refractivity contribution in [1.82, 2.24) is 9.97 Å². The Morgan fingerprint density at radius 1 is 1.35 bits per heavy atom. The quantitative estimate of drug-likeness (QED) is 0.808. The lowest BCUT2D eigenvalue weighted by Crippen LogP contribution is -2.14. The van der Waals surface area contributed by atoms with Crippen LogP contribution >= 0.6 is 11.3 Å². The van der Waals surface area contributed by atoms with Gasteiger partial charge in [-0.2, -0.15) is 0 Å². The number of carbonyl (C=O) groups excluding carboxylic acids is 1. The van der Waals surface area contributed by atoms with Gasteiger partial charge in [0.2, 0.25) is 0 Å². The lowest BCUT2D eigenvalue weighted by Gasteiger charge is -2.10. The largest absolute Gasteiger partial charge is 0.478 e. The van der Waals surface area contributed by atoms with E-state index < -0.39 is 5.97 Å². The van der Waals surface area contributed by atoms with Gasteiger partial charge in [0, 0.05) is 4.88 Å². The Bertz CT molecular complexity index is 661. The van der Waals surface area contributed by atoms with E-state index in [1.165, 1.54) is 23.9 Å². The Morgan fingerprint density at radius 3 is 2.85 bits per heavy atom. The molecule has 0 saturated heterocycles. The van der Waals surface area contributed by atoms with Gasteiger partial charge in [0.25, 0.3) is 5.91 Å². The zero-order chi connectivity index (χ0) is 14.1. The van der Waals surface area contributed by atoms with Gasteiger partial charge in [-0.15, -0.1) is 11.3 Å². The average Bonchev–Trinajstić information content (AvgIpc) is 3.05. The van der Waals surface area contributed by atoms with Crippen LogP contribution in [-0.4, -0.2) is 27.0 Å². The predicted molar refractivity (Wildman–Crippen MR) is 74.5 cm³/mol. The summed E-state index contributed by atoms with van der Waals surface area (Å²) in [5, 5.41) is 12.5. The normalized spacial score (nSPS) is 13.8. The Morgan fingerprint density at radius 2 is 2.15 bits per heavy atom. The number of nitrogens with zero attached hydrogens (tertiary/aromatic N) is 1. The minimum atomic E-state index is -0.982. The van der Waals surface area contributed by atoms with Crippen LogP contribution in [0, 0.1) is 0 Å². The second-order valence-corrected chi connectivity index (χ2v) is 5.74. The van der Waals surface area contributed by atoms with E-state index in [1.54, 1.807) is 0 Å². The number of carboxylic acid groups (broad SMARTS) is 1. The van der Waals surface area contributed by atoms with Crippen molar-refractivity contribution in [1.29, 1.82) is 0 Å². The summed E-state index contributed by atoms with van der Waals surface area (Å²) < 4.78 is 0. The molecule has 2 heterocycles. The number of nitrogens with one attached hydrogen (secondary N) is 2. The van der Waals surface area contributed by atoms with Gasteiger partial charge in [0.15, 0.2) is 0 Å². The molecule has 2 aromatic rings. The van der Waals surface area contributed by atoms with Crippen LogP contribution in [0.5, 0.6) is 0 Å². The Hall–Kier alpha value is -2.15. The summed E-state index contributed by atoms with van der Waals surface area (Å²) in [5.41, 5.74) is 1.44. The van der Waals surface area contributed by atoms with Gasteiger partial charge in [-0.1, -0.05) is 0 Å². The number of imidazole rings is 1. The first-order chi connectivity index (χ1) is 9.66. The molecule has 0 saturated carbocycles. The molecular formula is C13H13N3O3S. The molecule has 0 fully saturated rings. The minimum absolute atomic E-state index is 0.248. The molecule has 0 unspecified atom stereocenters. The maximum atomic E-state index is 12.0. The SMILES string of the molecule is O=C(Nc1sc2c(c1C(=O)O)CCCC2)c1cnc[nH]1. The van der Waals surface area contributed by atoms with Gasteiger partial charge in [-0.25, -0.2) is 9.78 Å². The summed E-state index contributed by atoms with van der Waals surface area (Å²) in [7, 11) is 0. The molecule has 2 aromatic heterocycles. The van der Waals surface area contributed by atoms with Crippen LogP contribution in [0.1, 0.15) is 44.1 Å². The standard InChI is InChI=1S/C13H13N3O3S/c17-11(8-5-14-6-15-8)16-12-10(13(18)19)7-3-1-2-4-9(7)20-12/h5-6H,1-4H2,(H,14,15)(H,16,17)(H,18,19). The van der Waals surface area contributed by atoms with Gasteiger partial charge >= 0.3 is 5.97 Å². The number of rotatable bonds is 3. The van der Waals surface area contributed by atoms with Gasteiger partial charge in [0.05, 0.1) is 18.1 Å². The van der Waals surface area contributed by atoms with E-state index in [0.29, 0.717) is 10.7 Å². The summed E-state index contributed by atoms with van der Waals surface area (Å²) in [4.78, 5) is 31.0. The second-order valence-electron chi connectivity index (χ2n) is 4.64. The monoisotopic (exact) mass is 291 g/mol. The molecule has 0 radical (unpaired) electrons. The maximum Gasteiger partial charge on any atom is 0.339 e. The first-order valence-electron chi connectivity index (χ1n) is 6.34. The molecule has 0 bridgehead atoms. The topological polar surface area (TPSA) is 95.1 Å². The molecule has 0 spiro atoms. The second kappa shape index (κ2) is 5.09. The number of fused-ring (bicyclic) bond motifs is 1. The molecule has 20 heavy (non-hydrogen) atoms. The number of aromatic amines is 1. The van der Waals surface area contributed by atoms with E-state index in [9.17, 15) is 14.7 Å². The summed E-state index contributed by atoms with van der Waals surface area (Å²) >= 11 is 1.37. The molecule has 0 atom stereocenters. The van der Waals surface area contributed by atoms with E-state index >= 15 is 0 Å². The van der Waals surface area contributed by atoms with Crippen molar-refractivity contribution in [3.63, 3.8) is 0 Å². The number of aryl methyl sites for hydroxylation is 1. The van der Waals surface area contributed by atoms with Gasteiger partial charge in [0.1, 0.15) is 10.7 Å². The summed E-state index contributed by atoms with van der Waals surface area (Å²) in [6.07, 6.45) is 6.54. The van der Waals surface area contributed by atoms with Crippen LogP contribution in [0.3, 0.4) is 0 Å². The number of hydrogen-bond acceptors (Lipinski definition) is 4. The number of hydrogen-bond donors (Lipinski definition) is 3. The van der Waals surface area contributed by atoms with Crippen molar-refractivity contribution in [3.8, 4) is 0 Å². The molecule has 1 amide bonds. The number of carbonyl (C=O) groups is 2. The Kier molecular flexibility index (Phi) is 3.27. The highest BCUT2D eigenvalue weighted by Crippen LogP contribution is 2.38. The zero-order valence-corrected chi connectivity index (χ0v) is 11.4. The van der Waals surface area contributed by atoms with Gasteiger partial charge in [-0.05, 0) is 31.2 Å². The molecule has 7 heteroatoms. The fraction of sp³-hybridized carbons (Fsp3) is 0.308. The number of H-pyrrole nitrogens is 1. The van der Waals surface area contributed by atoms with Crippen molar-refractivity contribution >= 4 is 28.2 Å². The van der Waals surface area contributed by atoms with Crippen LogP contribution in [0.25, 0.3) is 0 Å². The predicted octanol–water partition coefficient (Wildman–Crippen LogP) is 2.30. The number of thiophene rings is 1. The highest BCUT2D eigenvalue weighted by atomic mass is 32.1. The summed E-state index contributed by atoms with van der Waals surface area (Å²) in [5.74, 6) is -1.35. The van der Waals surface area contributed by atoms with E-state index in [1.807, 2.05) is 0 Å². The molecule has 3 N–H and O–H groups in total. The third-order valence-electron chi connectivity index (χ3n) is 3.36. The van der Waals surface area contributed by atoms with E-state index in [4.69, 9.17) is 0 Å². The van der Waals surface area contributed by atoms with Crippen molar-refractivity contribution < 1.29 is 14.7 Å². The van der Waals surface area contributed by atoms with E-state index in [2.05, 4.69) is 15.3 Å². The molecule has 0 aliphatic heterocycles. The van der Waals surface area contributed by atoms with E-state index in [-0.39, 0.29) is 11.5 Å². The smallest absolute Gasteiger partial charge is 0.339 e. The number of anilines is 1. The average molecular weight is 291 g/mol. The van der Waals surface area contributed by atoms with Crippen LogP contribution in [-0.2, 0) is 12.8 Å². The molecular weight excluding hydrogens is 278 g/mol. The van der Waals surface area contributed by atoms with Crippen molar-refractivity contribution in [2.45, 2.75) is 25.7 Å². The first kappa shape index (κ1) is 12.9. The molecule has 3 rings (SSSR count). The zero-order valence-electron chi connectivity index (χ0n) is 10.6. The minimum Gasteiger partial charge on any atom is -0.478 e. The first-order valence-corrected chi connectivity index (χ1v) is 7.16. The molecule has 1 aliphatic carbocycles. The van der Waals surface area contributed by atoms with E-state index in [0.717, 1.165) is 36.1 Å². The van der Waals surface area contributed by atoms with Crippen LogP contribution in [0.2, 0.25) is 0 Å². The van der Waals surface area contributed by atoms with Crippen molar-refractivity contribution in [2.24, 2.45) is 0 Å². The molecule has 1 aliphatic rings. The summed E-state index contributed by atoms with van der Waals surface area (Å²) in [6, 6.07) is 0. The lowest BCUT2D eigenvalue weighted by molar-refractivity contribution is 0.0697. The van der Waals surface area contributed by atoms with Crippen LogP contribution in [0.4, 0.5) is 5.00 Å². The lowest BCUT2D eigenvalue weighted by atomic mass is 9.95. The number of carboxylic acids is 1. The fourth-order valence-electron chi connectivity index (χ4n) is 2.43. The van der Waals surface area contributed by atoms with Crippen LogP contribution < -0.4 is 5.32 Å². The summed E-state index contributed by atoms with van der Waals surface area (Å²) in [6.45, 7) is 0. The Balaban J connectivity index is 1.95. The third kappa shape index (κ3) is 2.20. The molecule has 6 nitrogen and oxygen atoms in total.